The van der Waals surface area contributed by atoms with Crippen LogP contribution in [0.25, 0.3) is 0 Å². The topological polar surface area (TPSA) is 119 Å². The molecule has 0 bridgehead atoms. The number of hydrogen-bond acceptors (Lipinski definition) is 8. The lowest BCUT2D eigenvalue weighted by atomic mass is 10.00. The van der Waals surface area contributed by atoms with E-state index in [1.54, 1.807) is 43.3 Å². The summed E-state index contributed by atoms with van der Waals surface area (Å²) in [4.78, 5) is 47.7. The molecule has 0 atom stereocenters. The maximum Gasteiger partial charge on any atom is 0.325 e. The number of amides is 2. The number of carbonyl (C=O) groups excluding carboxylic acids is 3. The summed E-state index contributed by atoms with van der Waals surface area (Å²) in [5, 5.41) is 4.22. The molecule has 2 aromatic carbocycles. The average molecular weight is 616 g/mol. The monoisotopic (exact) mass is 614 g/mol. The van der Waals surface area contributed by atoms with Gasteiger partial charge >= 0.3 is 5.97 Å². The molecule has 4 aliphatic heterocycles. The first-order valence-electron chi connectivity index (χ1n) is 13.9. The second-order valence-electron chi connectivity index (χ2n) is 10.3. The normalized spacial score (nSPS) is 20.5. The van der Waals surface area contributed by atoms with Crippen molar-refractivity contribution in [3.05, 3.63) is 69.7 Å². The van der Waals surface area contributed by atoms with Crippen molar-refractivity contribution in [1.29, 1.82) is 0 Å². The van der Waals surface area contributed by atoms with Crippen molar-refractivity contribution in [3.8, 4) is 0 Å². The molecule has 2 amide bonds. The number of ether oxygens (including phenoxy) is 3. The van der Waals surface area contributed by atoms with Gasteiger partial charge in [0.2, 0.25) is 0 Å². The molecule has 2 saturated heterocycles. The Kier molecular flexibility index (Phi) is 9.27. The van der Waals surface area contributed by atoms with Gasteiger partial charge in [0, 0.05) is 46.9 Å². The number of nitrogens with one attached hydrogen (secondary N) is 1. The van der Waals surface area contributed by atoms with Crippen LogP contribution in [0.2, 0.25) is 10.0 Å². The molecule has 2 fully saturated rings. The van der Waals surface area contributed by atoms with E-state index in [0.717, 1.165) is 18.4 Å². The Morgan fingerprint density at radius 2 is 1.38 bits per heavy atom. The maximum atomic E-state index is 12.9. The molecule has 6 rings (SSSR count). The summed E-state index contributed by atoms with van der Waals surface area (Å²) in [5.74, 6) is -0.796. The number of hydrogen-bond donors (Lipinski definition) is 1. The van der Waals surface area contributed by atoms with E-state index in [2.05, 4.69) is 10.3 Å². The Hall–Kier alpha value is -3.31. The molecule has 1 N–H and O–H groups in total. The molecule has 0 saturated carbocycles. The Morgan fingerprint density at radius 3 is 1.93 bits per heavy atom. The fourth-order valence-corrected chi connectivity index (χ4v) is 5.63. The van der Waals surface area contributed by atoms with Crippen LogP contribution in [0.3, 0.4) is 0 Å². The van der Waals surface area contributed by atoms with Crippen LogP contribution < -0.4 is 5.32 Å². The van der Waals surface area contributed by atoms with E-state index in [0.29, 0.717) is 66.3 Å². The van der Waals surface area contributed by atoms with Crippen LogP contribution in [0, 0.1) is 0 Å². The first-order chi connectivity index (χ1) is 20.2. The second kappa shape index (κ2) is 12.9. The second-order valence-corrected chi connectivity index (χ2v) is 11.2. The summed E-state index contributed by atoms with van der Waals surface area (Å²) in [5.41, 5.74) is 1.18. The van der Waals surface area contributed by atoms with Crippen LogP contribution >= 0.6 is 23.2 Å². The van der Waals surface area contributed by atoms with Gasteiger partial charge < -0.3 is 24.4 Å². The molecule has 0 aliphatic carbocycles. The Morgan fingerprint density at radius 1 is 0.857 bits per heavy atom. The minimum Gasteiger partial charge on any atom is -0.465 e. The largest absolute Gasteiger partial charge is 0.465 e. The van der Waals surface area contributed by atoms with Gasteiger partial charge in [0.15, 0.2) is 0 Å². The van der Waals surface area contributed by atoms with E-state index in [-0.39, 0.29) is 25.0 Å². The SMILES string of the molecule is CCOC(=O)CN1C(=O)C(c2ccc(Cl)cc2)=NC12CCOCC2.O=C1NC2(CCOCC2)N=C1c1ccc(Cl)cc1. The van der Waals surface area contributed by atoms with Gasteiger partial charge in [0.1, 0.15) is 29.3 Å². The van der Waals surface area contributed by atoms with E-state index >= 15 is 0 Å². The fraction of sp³-hybridized carbons (Fsp3) is 0.433. The quantitative estimate of drug-likeness (QED) is 0.512. The molecular formula is C30H32Cl2N4O6. The van der Waals surface area contributed by atoms with E-state index in [1.165, 1.54) is 4.90 Å². The Bertz CT molecular complexity index is 1380. The van der Waals surface area contributed by atoms with Crippen molar-refractivity contribution in [3.63, 3.8) is 0 Å². The highest BCUT2D eigenvalue weighted by molar-refractivity contribution is 6.47. The van der Waals surface area contributed by atoms with Gasteiger partial charge in [-0.3, -0.25) is 24.4 Å². The van der Waals surface area contributed by atoms with Gasteiger partial charge in [0.25, 0.3) is 11.8 Å². The molecule has 4 heterocycles. The molecule has 0 aromatic heterocycles. The van der Waals surface area contributed by atoms with Crippen LogP contribution in [0.15, 0.2) is 58.5 Å². The predicted octanol–water partition coefficient (Wildman–Crippen LogP) is 3.81. The molecule has 42 heavy (non-hydrogen) atoms. The maximum absolute atomic E-state index is 12.9. The van der Waals surface area contributed by atoms with Crippen LogP contribution in [0.1, 0.15) is 43.7 Å². The molecule has 12 heteroatoms. The highest BCUT2D eigenvalue weighted by atomic mass is 35.5. The summed E-state index contributed by atoms with van der Waals surface area (Å²) in [6.07, 6.45) is 2.59. The van der Waals surface area contributed by atoms with Crippen LogP contribution in [-0.4, -0.2) is 85.0 Å². The third kappa shape index (κ3) is 6.52. The minimum absolute atomic E-state index is 0.104. The summed E-state index contributed by atoms with van der Waals surface area (Å²) in [6.45, 7) is 4.20. The fourth-order valence-electron chi connectivity index (χ4n) is 5.38. The summed E-state index contributed by atoms with van der Waals surface area (Å²) in [6, 6.07) is 14.1. The summed E-state index contributed by atoms with van der Waals surface area (Å²) in [7, 11) is 0. The minimum atomic E-state index is -0.725. The Balaban J connectivity index is 0.000000175. The van der Waals surface area contributed by atoms with E-state index < -0.39 is 17.3 Å². The number of carbonyl (C=O) groups is 3. The lowest BCUT2D eigenvalue weighted by Crippen LogP contribution is -2.52. The lowest BCUT2D eigenvalue weighted by Gasteiger charge is -2.38. The third-order valence-corrected chi connectivity index (χ3v) is 8.10. The van der Waals surface area contributed by atoms with Crippen molar-refractivity contribution in [1.82, 2.24) is 10.2 Å². The average Bonchev–Trinajstić information content (AvgIpc) is 3.44. The van der Waals surface area contributed by atoms with Gasteiger partial charge in [-0.1, -0.05) is 47.5 Å². The van der Waals surface area contributed by atoms with Gasteiger partial charge in [0.05, 0.1) is 33.0 Å². The molecule has 222 valence electrons. The number of nitrogens with zero attached hydrogens (tertiary/aromatic N) is 3. The number of aliphatic imine (C=N–C) groups is 2. The highest BCUT2D eigenvalue weighted by Crippen LogP contribution is 2.36. The Labute approximate surface area is 254 Å². The molecule has 0 unspecified atom stereocenters. The lowest BCUT2D eigenvalue weighted by molar-refractivity contribution is -0.151. The van der Waals surface area contributed by atoms with Gasteiger partial charge in [-0.15, -0.1) is 0 Å². The molecule has 4 aliphatic rings. The van der Waals surface area contributed by atoms with Crippen LogP contribution in [-0.2, 0) is 28.6 Å². The third-order valence-electron chi connectivity index (χ3n) is 7.60. The number of benzene rings is 2. The number of esters is 1. The molecule has 10 nitrogen and oxygen atoms in total. The number of halogens is 2. The first-order valence-corrected chi connectivity index (χ1v) is 14.7. The van der Waals surface area contributed by atoms with Gasteiger partial charge in [-0.05, 0) is 31.2 Å². The molecule has 2 aromatic rings. The smallest absolute Gasteiger partial charge is 0.325 e. The summed E-state index contributed by atoms with van der Waals surface area (Å²) >= 11 is 11.8. The standard InChI is InChI=1S/C17H19ClN2O4.C13H13ClN2O2/c1-2-24-14(21)11-20-16(22)15(12-3-5-13(18)6-4-12)19-17(20)7-9-23-10-8-17;14-10-3-1-9(2-4-10)11-12(17)16-13(15-11)5-7-18-8-6-13/h3-6H,2,7-11H2,1H3;1-4H,5-8H2,(H,16,17). The van der Waals surface area contributed by atoms with Crippen molar-refractivity contribution in [2.75, 3.05) is 39.6 Å². The van der Waals surface area contributed by atoms with Gasteiger partial charge in [-0.2, -0.15) is 0 Å². The van der Waals surface area contributed by atoms with Gasteiger partial charge in [-0.25, -0.2) is 0 Å². The van der Waals surface area contributed by atoms with Crippen molar-refractivity contribution in [2.24, 2.45) is 9.98 Å². The van der Waals surface area contributed by atoms with Crippen molar-refractivity contribution < 1.29 is 28.6 Å². The van der Waals surface area contributed by atoms with Crippen molar-refractivity contribution in [2.45, 2.75) is 43.9 Å². The van der Waals surface area contributed by atoms with E-state index in [4.69, 9.17) is 42.4 Å². The molecule has 2 spiro atoms. The summed E-state index contributed by atoms with van der Waals surface area (Å²) < 4.78 is 15.7. The number of rotatable bonds is 5. The first kappa shape index (κ1) is 30.2. The van der Waals surface area contributed by atoms with Crippen molar-refractivity contribution >= 4 is 52.4 Å². The van der Waals surface area contributed by atoms with Crippen LogP contribution in [0.4, 0.5) is 0 Å². The zero-order valence-corrected chi connectivity index (χ0v) is 24.7. The molecule has 0 radical (unpaired) electrons. The van der Waals surface area contributed by atoms with Crippen LogP contribution in [0.5, 0.6) is 0 Å². The van der Waals surface area contributed by atoms with E-state index in [1.807, 2.05) is 12.1 Å². The molecular weight excluding hydrogens is 583 g/mol. The highest BCUT2D eigenvalue weighted by Gasteiger charge is 2.49. The zero-order chi connectivity index (χ0) is 29.7. The van der Waals surface area contributed by atoms with E-state index in [9.17, 15) is 14.4 Å². The predicted molar refractivity (Wildman–Crippen MR) is 158 cm³/mol. The zero-order valence-electron chi connectivity index (χ0n) is 23.2.